The minimum atomic E-state index is -1.84. The topological polar surface area (TPSA) is 52.6 Å². The molecule has 2 saturated heterocycles. The molecule has 0 aromatic carbocycles. The molecule has 6 heteroatoms. The number of hydrogen-bond acceptors (Lipinski definition) is 4. The number of fused-ring (bicyclic) bond motifs is 4. The van der Waals surface area contributed by atoms with E-state index < -0.39 is 6.69 Å². The molecule has 6 fully saturated rings. The Morgan fingerprint density at radius 2 is 1.62 bits per heavy atom. The van der Waals surface area contributed by atoms with Gasteiger partial charge in [0, 0.05) is 5.92 Å². The highest BCUT2D eigenvalue weighted by Crippen LogP contribution is 2.66. The fraction of sp³-hybridized carbons (Fsp3) is 0.889. The highest BCUT2D eigenvalue weighted by Gasteiger charge is 2.78. The molecule has 24 heavy (non-hydrogen) atoms. The Kier molecular flexibility index (Phi) is 2.66. The first-order valence-electron chi connectivity index (χ1n) is 9.66. The molecular weight excluding hydrogens is 305 g/mol. The second-order valence-corrected chi connectivity index (χ2v) is 10.0. The van der Waals surface area contributed by atoms with E-state index in [0.717, 1.165) is 12.8 Å². The number of carbonyl (C=O) groups is 2. The molecule has 4 saturated carbocycles. The van der Waals surface area contributed by atoms with Crippen molar-refractivity contribution in [2.45, 2.75) is 58.8 Å². The van der Waals surface area contributed by atoms with E-state index in [0.29, 0.717) is 52.6 Å². The van der Waals surface area contributed by atoms with Crippen molar-refractivity contribution in [2.75, 3.05) is 13.1 Å². The maximum atomic E-state index is 12.4. The van der Waals surface area contributed by atoms with Gasteiger partial charge in [0.1, 0.15) is 13.1 Å². The summed E-state index contributed by atoms with van der Waals surface area (Å²) in [6, 6.07) is 0.326. The Morgan fingerprint density at radius 1 is 1.04 bits per heavy atom. The summed E-state index contributed by atoms with van der Waals surface area (Å²) in [7, 11) is 0. The van der Waals surface area contributed by atoms with Crippen LogP contribution in [0.1, 0.15) is 47.0 Å². The fourth-order valence-electron chi connectivity index (χ4n) is 7.27. The zero-order chi connectivity index (χ0) is 17.1. The van der Waals surface area contributed by atoms with Gasteiger partial charge in [-0.05, 0) is 35.9 Å². The Bertz CT molecular complexity index is 627. The fourth-order valence-corrected chi connectivity index (χ4v) is 7.27. The summed E-state index contributed by atoms with van der Waals surface area (Å²) in [6.45, 7) is 8.12. The van der Waals surface area contributed by atoms with E-state index in [-0.39, 0.29) is 17.8 Å². The van der Waals surface area contributed by atoms with E-state index in [4.69, 9.17) is 9.31 Å². The van der Waals surface area contributed by atoms with Gasteiger partial charge in [-0.2, -0.15) is 0 Å². The minimum absolute atomic E-state index is 0.160. The van der Waals surface area contributed by atoms with E-state index in [1.165, 1.54) is 6.42 Å². The van der Waals surface area contributed by atoms with E-state index in [1.54, 1.807) is 0 Å². The molecule has 0 N–H and O–H groups in total. The van der Waals surface area contributed by atoms with Crippen molar-refractivity contribution in [3.8, 4) is 0 Å². The highest BCUT2D eigenvalue weighted by molar-refractivity contribution is 6.68. The van der Waals surface area contributed by atoms with Gasteiger partial charge in [-0.15, -0.1) is 0 Å². The maximum absolute atomic E-state index is 12.4. The molecule has 132 valence electrons. The number of nitrogens with zero attached hydrogens (tertiary/aromatic N) is 1. The molecule has 0 radical (unpaired) electrons. The zero-order valence-electron chi connectivity index (χ0n) is 15.2. The largest absolute Gasteiger partial charge is 0.600 e. The molecule has 2 bridgehead atoms. The first kappa shape index (κ1) is 15.2. The summed E-state index contributed by atoms with van der Waals surface area (Å²) in [5.41, 5.74) is 0.395. The first-order valence-corrected chi connectivity index (χ1v) is 9.66. The third kappa shape index (κ3) is 1.53. The quantitative estimate of drug-likeness (QED) is 0.728. The van der Waals surface area contributed by atoms with Crippen LogP contribution in [0.25, 0.3) is 0 Å². The van der Waals surface area contributed by atoms with Crippen LogP contribution < -0.4 is 0 Å². The molecule has 6 rings (SSSR count). The van der Waals surface area contributed by atoms with Gasteiger partial charge in [-0.1, -0.05) is 40.0 Å². The van der Waals surface area contributed by atoms with Crippen LogP contribution in [-0.2, 0) is 18.9 Å². The lowest BCUT2D eigenvalue weighted by Gasteiger charge is -2.66. The summed E-state index contributed by atoms with van der Waals surface area (Å²) in [5.74, 6) is 2.30. The van der Waals surface area contributed by atoms with Gasteiger partial charge in [0.05, 0.1) is 6.04 Å². The minimum Gasteiger partial charge on any atom is -0.600 e. The van der Waals surface area contributed by atoms with Crippen LogP contribution in [0.5, 0.6) is 0 Å². The second-order valence-electron chi connectivity index (χ2n) is 10.0. The lowest BCUT2D eigenvalue weighted by Crippen LogP contribution is -2.73. The van der Waals surface area contributed by atoms with E-state index in [9.17, 15) is 9.59 Å². The second kappa shape index (κ2) is 4.20. The number of carbonyl (C=O) groups excluding carboxylic acids is 2. The van der Waals surface area contributed by atoms with Gasteiger partial charge >= 0.3 is 18.6 Å². The third-order valence-corrected chi connectivity index (χ3v) is 8.85. The van der Waals surface area contributed by atoms with Crippen molar-refractivity contribution in [3.05, 3.63) is 0 Å². The summed E-state index contributed by atoms with van der Waals surface area (Å²) >= 11 is 0. The molecule has 6 aliphatic rings. The van der Waals surface area contributed by atoms with Crippen molar-refractivity contribution in [1.82, 2.24) is 0 Å². The van der Waals surface area contributed by atoms with Crippen molar-refractivity contribution in [2.24, 2.45) is 29.1 Å². The smallest absolute Gasteiger partial charge is 0.587 e. The van der Waals surface area contributed by atoms with Gasteiger partial charge in [0.25, 0.3) is 0 Å². The summed E-state index contributed by atoms with van der Waals surface area (Å²) in [4.78, 5) is 24.7. The Morgan fingerprint density at radius 3 is 2.08 bits per heavy atom. The number of quaternary nitrogens is 1. The van der Waals surface area contributed by atoms with E-state index in [1.807, 2.05) is 0 Å². The van der Waals surface area contributed by atoms with Crippen LogP contribution in [-0.4, -0.2) is 42.2 Å². The van der Waals surface area contributed by atoms with Gasteiger partial charge in [-0.3, -0.25) is 9.59 Å². The van der Waals surface area contributed by atoms with Crippen LogP contribution in [0.3, 0.4) is 0 Å². The van der Waals surface area contributed by atoms with Gasteiger partial charge in [0.15, 0.2) is 0 Å². The van der Waals surface area contributed by atoms with Crippen LogP contribution in [0.15, 0.2) is 0 Å². The molecule has 2 aliphatic heterocycles. The Labute approximate surface area is 143 Å². The van der Waals surface area contributed by atoms with Crippen LogP contribution in [0, 0.1) is 29.1 Å². The third-order valence-electron chi connectivity index (χ3n) is 8.85. The number of hydrogen-bond donors (Lipinski definition) is 0. The van der Waals surface area contributed by atoms with Crippen molar-refractivity contribution in [3.63, 3.8) is 0 Å². The molecule has 0 aromatic heterocycles. The Balaban J connectivity index is 1.58. The molecule has 5 nitrogen and oxygen atoms in total. The molecule has 2 heterocycles. The van der Waals surface area contributed by atoms with E-state index in [2.05, 4.69) is 27.7 Å². The normalized spacial score (nSPS) is 57.0. The molecule has 4 aliphatic carbocycles. The standard InChI is InChI=1S/C18H28BNO4/c1-10-5-14(10)19-20(8-16(21)23-19,9-17(22)24-19)15-7-12-6-13(11(15)2)18(12,3)4/h10-15H,5-9H2,1-4H3/t10-,11+,12?,13?,14-,15+,19?,20?/m1/s1. The van der Waals surface area contributed by atoms with Gasteiger partial charge in [0.2, 0.25) is 0 Å². The van der Waals surface area contributed by atoms with Crippen LogP contribution in [0.4, 0.5) is 0 Å². The Hall–Kier alpha value is -1.04. The first-order chi connectivity index (χ1) is 11.2. The molecule has 0 spiro atoms. The maximum Gasteiger partial charge on any atom is 0.587 e. The monoisotopic (exact) mass is 333 g/mol. The SMILES string of the molecule is C[C@@H]1C[C@H]1[B-]12OC(=O)C[N+]1([C@H]1CC3CC([C@@H]1C)C3(C)C)CC(=O)O2. The van der Waals surface area contributed by atoms with E-state index >= 15 is 0 Å². The lowest BCUT2D eigenvalue weighted by atomic mass is 9.43. The molecule has 6 atom stereocenters. The molecule has 2 unspecified atom stereocenters. The molecule has 0 amide bonds. The highest BCUT2D eigenvalue weighted by atomic mass is 16.7. The van der Waals surface area contributed by atoms with Crippen LogP contribution in [0.2, 0.25) is 5.82 Å². The van der Waals surface area contributed by atoms with Gasteiger partial charge in [-0.25, -0.2) is 0 Å². The van der Waals surface area contributed by atoms with Crippen molar-refractivity contribution in [1.29, 1.82) is 0 Å². The van der Waals surface area contributed by atoms with Crippen LogP contribution >= 0.6 is 0 Å². The molecular formula is C18H28BNO4. The predicted octanol–water partition coefficient (Wildman–Crippen LogP) is 2.34. The summed E-state index contributed by atoms with van der Waals surface area (Å²) in [5, 5.41) is 0. The molecule has 0 aromatic rings. The number of rotatable bonds is 2. The lowest BCUT2D eigenvalue weighted by molar-refractivity contribution is -0.852. The van der Waals surface area contributed by atoms with Crippen molar-refractivity contribution < 1.29 is 23.3 Å². The van der Waals surface area contributed by atoms with Crippen molar-refractivity contribution >= 4 is 18.6 Å². The average molecular weight is 333 g/mol. The summed E-state index contributed by atoms with van der Waals surface area (Å²) in [6.07, 6.45) is 3.41. The average Bonchev–Trinajstić information content (AvgIpc) is 3.06. The zero-order valence-corrected chi connectivity index (χ0v) is 15.2. The summed E-state index contributed by atoms with van der Waals surface area (Å²) < 4.78 is 12.3. The van der Waals surface area contributed by atoms with Gasteiger partial charge < -0.3 is 13.7 Å². The predicted molar refractivity (Wildman–Crippen MR) is 88.4 cm³/mol.